The van der Waals surface area contributed by atoms with Crippen molar-refractivity contribution in [1.29, 1.82) is 0 Å². The molecule has 1 amide bonds. The van der Waals surface area contributed by atoms with Crippen LogP contribution in [-0.2, 0) is 4.74 Å². The largest absolute Gasteiger partial charge is 0.474 e. The molecule has 0 bridgehead atoms. The topological polar surface area (TPSA) is 64.5 Å². The Morgan fingerprint density at radius 2 is 2.00 bits per heavy atom. The van der Waals surface area contributed by atoms with Gasteiger partial charge < -0.3 is 14.4 Å². The molecule has 1 aliphatic heterocycles. The number of piperidine rings is 1. The first-order valence-corrected chi connectivity index (χ1v) is 7.28. The zero-order valence-electron chi connectivity index (χ0n) is 13.1. The molecular formula is C15H23N3O3. The molecule has 0 spiro atoms. The maximum absolute atomic E-state index is 12.0. The SMILES string of the molecule is Cc1nccc(OC2CCN(C(=O)OC(C)(C)C)CC2)n1. The normalized spacial score (nSPS) is 16.7. The summed E-state index contributed by atoms with van der Waals surface area (Å²) in [5.41, 5.74) is -0.455. The van der Waals surface area contributed by atoms with E-state index in [0.29, 0.717) is 24.8 Å². The van der Waals surface area contributed by atoms with Crippen molar-refractivity contribution in [3.8, 4) is 5.88 Å². The standard InChI is InChI=1S/C15H23N3O3/c1-11-16-8-5-13(17-11)20-12-6-9-18(10-7-12)14(19)21-15(2,3)4/h5,8,12H,6-7,9-10H2,1-4H3. The number of nitrogens with zero attached hydrogens (tertiary/aromatic N) is 3. The van der Waals surface area contributed by atoms with Gasteiger partial charge in [-0.25, -0.2) is 9.78 Å². The summed E-state index contributed by atoms with van der Waals surface area (Å²) in [5.74, 6) is 1.29. The van der Waals surface area contributed by atoms with E-state index in [1.165, 1.54) is 0 Å². The molecule has 21 heavy (non-hydrogen) atoms. The summed E-state index contributed by atoms with van der Waals surface area (Å²) in [5, 5.41) is 0. The first kappa shape index (κ1) is 15.5. The van der Waals surface area contributed by atoms with Crippen LogP contribution >= 0.6 is 0 Å². The van der Waals surface area contributed by atoms with Crippen LogP contribution in [0.1, 0.15) is 39.4 Å². The van der Waals surface area contributed by atoms with Gasteiger partial charge in [0, 0.05) is 38.2 Å². The Balaban J connectivity index is 1.82. The fourth-order valence-electron chi connectivity index (χ4n) is 2.15. The highest BCUT2D eigenvalue weighted by atomic mass is 16.6. The van der Waals surface area contributed by atoms with Crippen LogP contribution in [0.25, 0.3) is 0 Å². The number of aryl methyl sites for hydroxylation is 1. The number of amides is 1. The molecule has 0 radical (unpaired) electrons. The van der Waals surface area contributed by atoms with Gasteiger partial charge in [-0.1, -0.05) is 0 Å². The summed E-state index contributed by atoms with van der Waals surface area (Å²) in [7, 11) is 0. The molecule has 0 aromatic carbocycles. The van der Waals surface area contributed by atoms with Crippen molar-refractivity contribution < 1.29 is 14.3 Å². The Morgan fingerprint density at radius 3 is 2.57 bits per heavy atom. The van der Waals surface area contributed by atoms with E-state index in [9.17, 15) is 4.79 Å². The Kier molecular flexibility index (Phi) is 4.65. The third-order valence-electron chi connectivity index (χ3n) is 3.13. The maximum atomic E-state index is 12.0. The zero-order valence-corrected chi connectivity index (χ0v) is 13.1. The lowest BCUT2D eigenvalue weighted by molar-refractivity contribution is 0.0123. The predicted octanol–water partition coefficient (Wildman–Crippen LogP) is 2.56. The average molecular weight is 293 g/mol. The quantitative estimate of drug-likeness (QED) is 0.838. The number of hydrogen-bond donors (Lipinski definition) is 0. The summed E-state index contributed by atoms with van der Waals surface area (Å²) >= 11 is 0. The zero-order chi connectivity index (χ0) is 15.5. The minimum Gasteiger partial charge on any atom is -0.474 e. The molecule has 0 saturated carbocycles. The van der Waals surface area contributed by atoms with Gasteiger partial charge in [-0.05, 0) is 27.7 Å². The predicted molar refractivity (Wildman–Crippen MR) is 78.2 cm³/mol. The van der Waals surface area contributed by atoms with Crippen molar-refractivity contribution in [3.63, 3.8) is 0 Å². The highest BCUT2D eigenvalue weighted by Gasteiger charge is 2.27. The fraction of sp³-hybridized carbons (Fsp3) is 0.667. The van der Waals surface area contributed by atoms with Gasteiger partial charge in [0.25, 0.3) is 0 Å². The van der Waals surface area contributed by atoms with Crippen molar-refractivity contribution >= 4 is 6.09 Å². The van der Waals surface area contributed by atoms with Crippen LogP contribution in [0.3, 0.4) is 0 Å². The molecule has 2 heterocycles. The van der Waals surface area contributed by atoms with E-state index in [1.54, 1.807) is 17.2 Å². The van der Waals surface area contributed by atoms with Crippen LogP contribution < -0.4 is 4.74 Å². The highest BCUT2D eigenvalue weighted by molar-refractivity contribution is 5.68. The highest BCUT2D eigenvalue weighted by Crippen LogP contribution is 2.19. The van der Waals surface area contributed by atoms with Crippen molar-refractivity contribution in [3.05, 3.63) is 18.1 Å². The molecule has 1 saturated heterocycles. The number of rotatable bonds is 2. The molecule has 1 aromatic heterocycles. The van der Waals surface area contributed by atoms with Crippen molar-refractivity contribution in [2.45, 2.75) is 52.2 Å². The van der Waals surface area contributed by atoms with Crippen LogP contribution in [0.4, 0.5) is 4.79 Å². The van der Waals surface area contributed by atoms with Crippen molar-refractivity contribution in [2.75, 3.05) is 13.1 Å². The second-order valence-corrected chi connectivity index (χ2v) is 6.23. The van der Waals surface area contributed by atoms with Gasteiger partial charge in [0.05, 0.1) is 0 Å². The van der Waals surface area contributed by atoms with E-state index in [2.05, 4.69) is 9.97 Å². The average Bonchev–Trinajstić information content (AvgIpc) is 2.37. The molecule has 0 atom stereocenters. The van der Waals surface area contributed by atoms with Crippen LogP contribution in [0.2, 0.25) is 0 Å². The number of aromatic nitrogens is 2. The minimum atomic E-state index is -0.455. The maximum Gasteiger partial charge on any atom is 0.410 e. The van der Waals surface area contributed by atoms with Gasteiger partial charge in [-0.3, -0.25) is 0 Å². The molecule has 116 valence electrons. The van der Waals surface area contributed by atoms with Crippen molar-refractivity contribution in [2.24, 2.45) is 0 Å². The Labute approximate surface area is 125 Å². The van der Waals surface area contributed by atoms with Gasteiger partial charge in [-0.2, -0.15) is 4.98 Å². The lowest BCUT2D eigenvalue weighted by atomic mass is 10.1. The molecule has 2 rings (SSSR count). The summed E-state index contributed by atoms with van der Waals surface area (Å²) in [4.78, 5) is 22.0. The van der Waals surface area contributed by atoms with E-state index in [4.69, 9.17) is 9.47 Å². The molecule has 0 unspecified atom stereocenters. The van der Waals surface area contributed by atoms with E-state index < -0.39 is 5.60 Å². The van der Waals surface area contributed by atoms with Gasteiger partial charge in [0.1, 0.15) is 17.5 Å². The molecule has 1 aromatic rings. The van der Waals surface area contributed by atoms with Crippen LogP contribution in [0.15, 0.2) is 12.3 Å². The number of carbonyl (C=O) groups excluding carboxylic acids is 1. The van der Waals surface area contributed by atoms with Crippen molar-refractivity contribution in [1.82, 2.24) is 14.9 Å². The molecule has 1 aliphatic rings. The van der Waals surface area contributed by atoms with Gasteiger partial charge in [0.15, 0.2) is 0 Å². The number of carbonyl (C=O) groups is 1. The smallest absolute Gasteiger partial charge is 0.410 e. The van der Waals surface area contributed by atoms with Gasteiger partial charge in [-0.15, -0.1) is 0 Å². The molecular weight excluding hydrogens is 270 g/mol. The lowest BCUT2D eigenvalue weighted by Gasteiger charge is -2.33. The fourth-order valence-corrected chi connectivity index (χ4v) is 2.15. The second kappa shape index (κ2) is 6.28. The Morgan fingerprint density at radius 1 is 1.33 bits per heavy atom. The minimum absolute atomic E-state index is 0.0815. The number of likely N-dealkylation sites (tertiary alicyclic amines) is 1. The Hall–Kier alpha value is -1.85. The molecule has 1 fully saturated rings. The van der Waals surface area contributed by atoms with Crippen LogP contribution in [0, 0.1) is 6.92 Å². The number of ether oxygens (including phenoxy) is 2. The monoisotopic (exact) mass is 293 g/mol. The van der Waals surface area contributed by atoms with E-state index in [1.807, 2.05) is 27.7 Å². The first-order valence-electron chi connectivity index (χ1n) is 7.28. The molecule has 6 nitrogen and oxygen atoms in total. The van der Waals surface area contributed by atoms with Gasteiger partial charge in [0.2, 0.25) is 5.88 Å². The van der Waals surface area contributed by atoms with E-state index in [0.717, 1.165) is 12.8 Å². The summed E-state index contributed by atoms with van der Waals surface area (Å²) < 4.78 is 11.2. The van der Waals surface area contributed by atoms with E-state index >= 15 is 0 Å². The molecule has 6 heteroatoms. The van der Waals surface area contributed by atoms with Crippen LogP contribution in [0.5, 0.6) is 5.88 Å². The second-order valence-electron chi connectivity index (χ2n) is 6.23. The number of hydrogen-bond acceptors (Lipinski definition) is 5. The summed E-state index contributed by atoms with van der Waals surface area (Å²) in [6, 6.07) is 1.76. The first-order chi connectivity index (χ1) is 9.83. The summed E-state index contributed by atoms with van der Waals surface area (Å²) in [6.07, 6.45) is 3.08. The third-order valence-corrected chi connectivity index (χ3v) is 3.13. The van der Waals surface area contributed by atoms with Crippen LogP contribution in [-0.4, -0.2) is 45.8 Å². The molecule has 0 N–H and O–H groups in total. The van der Waals surface area contributed by atoms with E-state index in [-0.39, 0.29) is 12.2 Å². The summed E-state index contributed by atoms with van der Waals surface area (Å²) in [6.45, 7) is 8.74. The van der Waals surface area contributed by atoms with Gasteiger partial charge >= 0.3 is 6.09 Å². The molecule has 0 aliphatic carbocycles. The lowest BCUT2D eigenvalue weighted by Crippen LogP contribution is -2.44. The third kappa shape index (κ3) is 4.88. The Bertz CT molecular complexity index is 491.